The van der Waals surface area contributed by atoms with Gasteiger partial charge in [0.25, 0.3) is 0 Å². The monoisotopic (exact) mass is 491 g/mol. The normalized spacial score (nSPS) is 37.5. The quantitative estimate of drug-likeness (QED) is 0.470. The third-order valence-electron chi connectivity index (χ3n) is 7.93. The molecule has 0 amide bonds. The van der Waals surface area contributed by atoms with E-state index in [0.717, 1.165) is 24.8 Å². The molecule has 196 valence electrons. The summed E-state index contributed by atoms with van der Waals surface area (Å²) >= 11 is 0. The molecule has 2 saturated heterocycles. The van der Waals surface area contributed by atoms with Crippen molar-refractivity contribution in [2.45, 2.75) is 111 Å². The second kappa shape index (κ2) is 10.5. The number of esters is 1. The summed E-state index contributed by atoms with van der Waals surface area (Å²) in [4.78, 5) is 30.4. The molecule has 8 nitrogen and oxygen atoms in total. The van der Waals surface area contributed by atoms with Crippen molar-refractivity contribution in [2.24, 2.45) is 17.3 Å². The predicted molar refractivity (Wildman–Crippen MR) is 130 cm³/mol. The molecule has 2 N–H and O–H groups in total. The van der Waals surface area contributed by atoms with Crippen LogP contribution in [0, 0.1) is 24.2 Å². The Hall–Kier alpha value is -2.03. The first kappa shape index (κ1) is 27.6. The highest BCUT2D eigenvalue weighted by molar-refractivity contribution is 5.88. The van der Waals surface area contributed by atoms with Crippen LogP contribution in [-0.2, 0) is 19.1 Å². The van der Waals surface area contributed by atoms with E-state index in [2.05, 4.69) is 11.9 Å². The van der Waals surface area contributed by atoms with E-state index in [0.29, 0.717) is 18.0 Å². The van der Waals surface area contributed by atoms with Crippen molar-refractivity contribution in [3.8, 4) is 0 Å². The molecule has 0 radical (unpaired) electrons. The Morgan fingerprint density at radius 3 is 2.51 bits per heavy atom. The van der Waals surface area contributed by atoms with E-state index in [9.17, 15) is 19.8 Å². The molecule has 0 saturated carbocycles. The Morgan fingerprint density at radius 1 is 1.20 bits per heavy atom. The lowest BCUT2D eigenvalue weighted by atomic mass is 9.73. The van der Waals surface area contributed by atoms with E-state index < -0.39 is 35.6 Å². The molecule has 2 aliphatic heterocycles. The number of aryl methyl sites for hydroxylation is 1. The number of fused-ring (bicyclic) bond motifs is 1. The lowest BCUT2D eigenvalue weighted by Gasteiger charge is -2.34. The summed E-state index contributed by atoms with van der Waals surface area (Å²) in [7, 11) is 0. The summed E-state index contributed by atoms with van der Waals surface area (Å²) in [6.07, 6.45) is 3.23. The molecular formula is C27H41NO7. The van der Waals surface area contributed by atoms with Gasteiger partial charge in [-0.1, -0.05) is 34.1 Å². The Bertz CT molecular complexity index is 951. The summed E-state index contributed by atoms with van der Waals surface area (Å²) in [6.45, 7) is 12.5. The third kappa shape index (κ3) is 6.40. The molecule has 0 aliphatic carbocycles. The van der Waals surface area contributed by atoms with Crippen LogP contribution in [-0.4, -0.2) is 57.0 Å². The second-order valence-electron chi connectivity index (χ2n) is 11.3. The van der Waals surface area contributed by atoms with Crippen molar-refractivity contribution in [3.05, 3.63) is 23.4 Å². The van der Waals surface area contributed by atoms with Crippen molar-refractivity contribution in [1.29, 1.82) is 0 Å². The van der Waals surface area contributed by atoms with Crippen molar-refractivity contribution < 1.29 is 33.7 Å². The second-order valence-corrected chi connectivity index (χ2v) is 11.3. The number of carbonyl (C=O) groups is 2. The standard InChI is InChI=1S/C27H41NO7/c1-15-9-8-10-27(7)22(35-27)12-20(16(2)11-19-14-33-18(4)28-19)34-23(30)13-21(29)26(5,6)25(32)17(3)24(15)31/h11,14-15,17,20-22,24,29,31H,8-10,12-13H2,1-7H3/b16-11+/t15-,17+,20-,21-,22-,24-,27+/m0/s1. The van der Waals surface area contributed by atoms with E-state index in [1.165, 1.54) is 0 Å². The van der Waals surface area contributed by atoms with Crippen LogP contribution in [0.1, 0.15) is 85.2 Å². The zero-order valence-electron chi connectivity index (χ0n) is 22.0. The Labute approximate surface area is 208 Å². The van der Waals surface area contributed by atoms with Crippen LogP contribution in [0.2, 0.25) is 0 Å². The highest BCUT2D eigenvalue weighted by Crippen LogP contribution is 2.45. The number of Topliss-reactive ketones (excluding diaryl/α,β-unsaturated/α-hetero) is 1. The van der Waals surface area contributed by atoms with Gasteiger partial charge in [0, 0.05) is 19.3 Å². The summed E-state index contributed by atoms with van der Waals surface area (Å²) in [5, 5.41) is 21.7. The minimum atomic E-state index is -1.24. The molecule has 1 aromatic heterocycles. The van der Waals surface area contributed by atoms with Gasteiger partial charge in [-0.15, -0.1) is 0 Å². The maximum absolute atomic E-state index is 13.2. The molecule has 0 aromatic carbocycles. The fourth-order valence-electron chi connectivity index (χ4n) is 5.07. The highest BCUT2D eigenvalue weighted by Gasteiger charge is 2.53. The van der Waals surface area contributed by atoms with Crippen molar-refractivity contribution in [1.82, 2.24) is 4.98 Å². The van der Waals surface area contributed by atoms with Gasteiger partial charge in [0.15, 0.2) is 5.89 Å². The number of nitrogens with zero attached hydrogens (tertiary/aromatic N) is 1. The maximum Gasteiger partial charge on any atom is 0.309 e. The van der Waals surface area contributed by atoms with Crippen molar-refractivity contribution >= 4 is 17.8 Å². The van der Waals surface area contributed by atoms with E-state index >= 15 is 0 Å². The molecule has 35 heavy (non-hydrogen) atoms. The lowest BCUT2D eigenvalue weighted by Crippen LogP contribution is -2.45. The van der Waals surface area contributed by atoms with Gasteiger partial charge in [0.2, 0.25) is 0 Å². The highest BCUT2D eigenvalue weighted by atomic mass is 16.6. The van der Waals surface area contributed by atoms with E-state index in [1.807, 2.05) is 19.9 Å². The zero-order chi connectivity index (χ0) is 26.1. The Kier molecular flexibility index (Phi) is 8.29. The number of epoxide rings is 1. The Balaban J connectivity index is 1.85. The van der Waals surface area contributed by atoms with Crippen LogP contribution in [0.3, 0.4) is 0 Å². The van der Waals surface area contributed by atoms with Gasteiger partial charge in [-0.25, -0.2) is 4.98 Å². The van der Waals surface area contributed by atoms with E-state index in [4.69, 9.17) is 13.9 Å². The smallest absolute Gasteiger partial charge is 0.309 e. The molecule has 0 spiro atoms. The van der Waals surface area contributed by atoms with Crippen LogP contribution < -0.4 is 0 Å². The van der Waals surface area contributed by atoms with Crippen LogP contribution >= 0.6 is 0 Å². The molecule has 3 rings (SSSR count). The third-order valence-corrected chi connectivity index (χ3v) is 7.93. The fraction of sp³-hybridized carbons (Fsp3) is 0.741. The largest absolute Gasteiger partial charge is 0.458 e. The number of hydrogen-bond donors (Lipinski definition) is 2. The topological polar surface area (TPSA) is 122 Å². The van der Waals surface area contributed by atoms with Gasteiger partial charge in [-0.2, -0.15) is 0 Å². The summed E-state index contributed by atoms with van der Waals surface area (Å²) < 4.78 is 17.1. The molecular weight excluding hydrogens is 450 g/mol. The average molecular weight is 492 g/mol. The number of carbonyl (C=O) groups excluding carboxylic acids is 2. The minimum absolute atomic E-state index is 0.0716. The van der Waals surface area contributed by atoms with Gasteiger partial charge in [0.05, 0.1) is 35.7 Å². The van der Waals surface area contributed by atoms with Crippen LogP contribution in [0.4, 0.5) is 0 Å². The average Bonchev–Trinajstić information content (AvgIpc) is 3.22. The first-order chi connectivity index (χ1) is 16.2. The molecule has 7 atom stereocenters. The number of aromatic nitrogens is 1. The van der Waals surface area contributed by atoms with Crippen LogP contribution in [0.5, 0.6) is 0 Å². The van der Waals surface area contributed by atoms with Crippen molar-refractivity contribution in [2.75, 3.05) is 0 Å². The minimum Gasteiger partial charge on any atom is -0.458 e. The van der Waals surface area contributed by atoms with Gasteiger partial charge in [0.1, 0.15) is 23.8 Å². The number of ketones is 1. The summed E-state index contributed by atoms with van der Waals surface area (Å²) in [5.41, 5.74) is -0.107. The fourth-order valence-corrected chi connectivity index (χ4v) is 5.07. The zero-order valence-corrected chi connectivity index (χ0v) is 22.0. The van der Waals surface area contributed by atoms with Crippen LogP contribution in [0.25, 0.3) is 6.08 Å². The van der Waals surface area contributed by atoms with E-state index in [-0.39, 0.29) is 29.8 Å². The van der Waals surface area contributed by atoms with Gasteiger partial charge in [-0.05, 0) is 44.3 Å². The summed E-state index contributed by atoms with van der Waals surface area (Å²) in [5.74, 6) is -1.06. The first-order valence-corrected chi connectivity index (χ1v) is 12.6. The van der Waals surface area contributed by atoms with Gasteiger partial charge < -0.3 is 24.1 Å². The molecule has 0 bridgehead atoms. The molecule has 2 aliphatic rings. The maximum atomic E-state index is 13.2. The number of rotatable bonds is 2. The molecule has 8 heteroatoms. The Morgan fingerprint density at radius 2 is 1.89 bits per heavy atom. The molecule has 1 aromatic rings. The van der Waals surface area contributed by atoms with E-state index in [1.54, 1.807) is 34.0 Å². The molecule has 2 fully saturated rings. The number of cyclic esters (lactones) is 1. The number of oxazole rings is 1. The van der Waals surface area contributed by atoms with Crippen molar-refractivity contribution in [3.63, 3.8) is 0 Å². The number of ether oxygens (including phenoxy) is 2. The number of aliphatic hydroxyl groups excluding tert-OH is 2. The van der Waals surface area contributed by atoms with Crippen LogP contribution in [0.15, 0.2) is 16.3 Å². The molecule has 3 heterocycles. The number of hydrogen-bond acceptors (Lipinski definition) is 8. The first-order valence-electron chi connectivity index (χ1n) is 12.6. The SMILES string of the molecule is C/C(=C\c1coc(C)n1)[C@@H]1C[C@@H]2O[C@]2(C)CCC[C@H](C)[C@H](O)[C@@H](C)C(=O)C(C)(C)[C@@H](O)CC(=O)O1. The summed E-state index contributed by atoms with van der Waals surface area (Å²) in [6, 6.07) is 0. The van der Waals surface area contributed by atoms with Gasteiger partial charge >= 0.3 is 5.97 Å². The van der Waals surface area contributed by atoms with Gasteiger partial charge in [-0.3, -0.25) is 9.59 Å². The molecule has 0 unspecified atom stereocenters. The lowest BCUT2D eigenvalue weighted by molar-refractivity contribution is -0.154. The predicted octanol–water partition coefficient (Wildman–Crippen LogP) is 4.01. The number of aliphatic hydroxyl groups is 2.